The van der Waals surface area contributed by atoms with E-state index in [1.807, 2.05) is 0 Å². The Morgan fingerprint density at radius 2 is 1.94 bits per heavy atom. The van der Waals surface area contributed by atoms with E-state index in [0.29, 0.717) is 6.42 Å². The van der Waals surface area contributed by atoms with Crippen LogP contribution in [-0.2, 0) is 16.6 Å². The highest BCUT2D eigenvalue weighted by molar-refractivity contribution is 5.54. The number of methoxy groups -OCH3 is 1. The van der Waals surface area contributed by atoms with Crippen LogP contribution in [0.25, 0.3) is 0 Å². The normalized spacial score (nSPS) is 11.4. The van der Waals surface area contributed by atoms with Gasteiger partial charge in [-0.15, -0.1) is 0 Å². The molecule has 0 amide bonds. The van der Waals surface area contributed by atoms with E-state index in [1.165, 1.54) is 11.1 Å². The summed E-state index contributed by atoms with van der Waals surface area (Å²) in [4.78, 5) is 10.5. The maximum atomic E-state index is 10.5. The van der Waals surface area contributed by atoms with Crippen LogP contribution in [0, 0.1) is 6.92 Å². The molecular formula is C15H22O2. The van der Waals surface area contributed by atoms with Gasteiger partial charge in [-0.25, -0.2) is 0 Å². The number of aryl methyl sites for hydroxylation is 1. The van der Waals surface area contributed by atoms with E-state index in [9.17, 15) is 4.79 Å². The van der Waals surface area contributed by atoms with Gasteiger partial charge in [0, 0.05) is 6.42 Å². The van der Waals surface area contributed by atoms with E-state index < -0.39 is 0 Å². The van der Waals surface area contributed by atoms with Gasteiger partial charge in [0.15, 0.2) is 0 Å². The summed E-state index contributed by atoms with van der Waals surface area (Å²) in [5.41, 5.74) is 3.60. The van der Waals surface area contributed by atoms with Gasteiger partial charge in [-0.3, -0.25) is 0 Å². The molecule has 0 radical (unpaired) electrons. The fourth-order valence-electron chi connectivity index (χ4n) is 2.06. The Morgan fingerprint density at radius 3 is 2.41 bits per heavy atom. The Labute approximate surface area is 104 Å². The third kappa shape index (κ3) is 3.09. The Hall–Kier alpha value is -1.31. The molecule has 0 N–H and O–H groups in total. The second-order valence-corrected chi connectivity index (χ2v) is 5.40. The number of carbonyl (C=O) groups excluding carboxylic acids is 1. The van der Waals surface area contributed by atoms with Gasteiger partial charge in [0.05, 0.1) is 7.11 Å². The first-order valence-corrected chi connectivity index (χ1v) is 6.02. The lowest BCUT2D eigenvalue weighted by molar-refractivity contribution is -0.107. The summed E-state index contributed by atoms with van der Waals surface area (Å²) in [7, 11) is 1.70. The molecule has 0 aliphatic rings. The highest BCUT2D eigenvalue weighted by Crippen LogP contribution is 2.36. The third-order valence-corrected chi connectivity index (χ3v) is 3.02. The molecule has 0 spiro atoms. The number of aldehydes is 1. The van der Waals surface area contributed by atoms with Crippen molar-refractivity contribution >= 4 is 6.29 Å². The lowest BCUT2D eigenvalue weighted by Gasteiger charge is -2.25. The molecule has 1 rings (SSSR count). The Morgan fingerprint density at radius 1 is 1.29 bits per heavy atom. The quantitative estimate of drug-likeness (QED) is 0.746. The highest BCUT2D eigenvalue weighted by Gasteiger charge is 2.21. The van der Waals surface area contributed by atoms with Gasteiger partial charge in [-0.05, 0) is 35.4 Å². The van der Waals surface area contributed by atoms with Crippen LogP contribution in [0.5, 0.6) is 5.75 Å². The van der Waals surface area contributed by atoms with Gasteiger partial charge in [0.25, 0.3) is 0 Å². The first-order chi connectivity index (χ1) is 7.91. The standard InChI is InChI=1S/C15H22O2/c1-11-8-9-13(15(2,3)4)14(17-5)12(11)7-6-10-16/h8-10H,6-7H2,1-5H3. The zero-order valence-electron chi connectivity index (χ0n) is 11.5. The van der Waals surface area contributed by atoms with Crippen molar-refractivity contribution in [2.45, 2.75) is 46.0 Å². The van der Waals surface area contributed by atoms with E-state index in [2.05, 4.69) is 39.8 Å². The van der Waals surface area contributed by atoms with Crippen LogP contribution < -0.4 is 4.74 Å². The minimum absolute atomic E-state index is 0.0506. The monoisotopic (exact) mass is 234 g/mol. The van der Waals surface area contributed by atoms with E-state index in [0.717, 1.165) is 24.0 Å². The fourth-order valence-corrected chi connectivity index (χ4v) is 2.06. The van der Waals surface area contributed by atoms with Crippen molar-refractivity contribution < 1.29 is 9.53 Å². The predicted octanol–water partition coefficient (Wildman–Crippen LogP) is 3.43. The predicted molar refractivity (Wildman–Crippen MR) is 70.8 cm³/mol. The molecule has 94 valence electrons. The summed E-state index contributed by atoms with van der Waals surface area (Å²) in [5.74, 6) is 0.944. The number of ether oxygens (including phenoxy) is 1. The minimum Gasteiger partial charge on any atom is -0.496 e. The highest BCUT2D eigenvalue weighted by atomic mass is 16.5. The topological polar surface area (TPSA) is 26.3 Å². The molecule has 0 heterocycles. The third-order valence-electron chi connectivity index (χ3n) is 3.02. The van der Waals surface area contributed by atoms with Crippen molar-refractivity contribution in [3.05, 3.63) is 28.8 Å². The molecule has 1 aromatic carbocycles. The first kappa shape index (κ1) is 13.8. The molecule has 0 aromatic heterocycles. The Balaban J connectivity index is 3.31. The van der Waals surface area contributed by atoms with Gasteiger partial charge < -0.3 is 9.53 Å². The molecule has 2 nitrogen and oxygen atoms in total. The molecule has 0 aliphatic carbocycles. The molecule has 1 aromatic rings. The molecule has 0 unspecified atom stereocenters. The van der Waals surface area contributed by atoms with Crippen LogP contribution in [0.15, 0.2) is 12.1 Å². The Bertz CT molecular complexity index is 400. The minimum atomic E-state index is 0.0506. The van der Waals surface area contributed by atoms with Gasteiger partial charge in [-0.2, -0.15) is 0 Å². The smallest absolute Gasteiger partial charge is 0.126 e. The van der Waals surface area contributed by atoms with Crippen LogP contribution in [-0.4, -0.2) is 13.4 Å². The zero-order chi connectivity index (χ0) is 13.1. The van der Waals surface area contributed by atoms with Crippen LogP contribution >= 0.6 is 0 Å². The summed E-state index contributed by atoms with van der Waals surface area (Å²) in [5, 5.41) is 0. The average Bonchev–Trinajstić information content (AvgIpc) is 2.25. The molecule has 0 fully saturated rings. The number of rotatable bonds is 4. The van der Waals surface area contributed by atoms with Crippen LogP contribution in [0.3, 0.4) is 0 Å². The van der Waals surface area contributed by atoms with Crippen molar-refractivity contribution in [2.75, 3.05) is 7.11 Å². The molecule has 17 heavy (non-hydrogen) atoms. The molecule has 0 aliphatic heterocycles. The summed E-state index contributed by atoms with van der Waals surface area (Å²) in [6, 6.07) is 4.24. The van der Waals surface area contributed by atoms with Crippen LogP contribution in [0.4, 0.5) is 0 Å². The zero-order valence-corrected chi connectivity index (χ0v) is 11.5. The van der Waals surface area contributed by atoms with E-state index in [4.69, 9.17) is 4.74 Å². The van der Waals surface area contributed by atoms with Gasteiger partial charge in [0.1, 0.15) is 12.0 Å². The maximum absolute atomic E-state index is 10.5. The first-order valence-electron chi connectivity index (χ1n) is 6.02. The molecule has 0 saturated carbocycles. The molecule has 0 bridgehead atoms. The summed E-state index contributed by atoms with van der Waals surface area (Å²) in [6.45, 7) is 8.58. The molecular weight excluding hydrogens is 212 g/mol. The Kier molecular flexibility index (Phi) is 4.33. The van der Waals surface area contributed by atoms with E-state index in [-0.39, 0.29) is 5.41 Å². The molecule has 0 atom stereocenters. The second kappa shape index (κ2) is 5.35. The lowest BCUT2D eigenvalue weighted by atomic mass is 9.83. The van der Waals surface area contributed by atoms with E-state index in [1.54, 1.807) is 7.11 Å². The average molecular weight is 234 g/mol. The van der Waals surface area contributed by atoms with Crippen molar-refractivity contribution in [1.82, 2.24) is 0 Å². The number of carbonyl (C=O) groups is 1. The van der Waals surface area contributed by atoms with Crippen molar-refractivity contribution in [3.8, 4) is 5.75 Å². The van der Waals surface area contributed by atoms with Crippen LogP contribution in [0.1, 0.15) is 43.9 Å². The summed E-state index contributed by atoms with van der Waals surface area (Å²) in [6.07, 6.45) is 2.26. The van der Waals surface area contributed by atoms with Crippen molar-refractivity contribution in [1.29, 1.82) is 0 Å². The number of benzene rings is 1. The second-order valence-electron chi connectivity index (χ2n) is 5.40. The number of hydrogen-bond acceptors (Lipinski definition) is 2. The maximum Gasteiger partial charge on any atom is 0.126 e. The van der Waals surface area contributed by atoms with Crippen LogP contribution in [0.2, 0.25) is 0 Å². The SMILES string of the molecule is COc1c(C(C)(C)C)ccc(C)c1CCC=O. The summed E-state index contributed by atoms with van der Waals surface area (Å²) >= 11 is 0. The van der Waals surface area contributed by atoms with Gasteiger partial charge in [-0.1, -0.05) is 32.9 Å². The van der Waals surface area contributed by atoms with Gasteiger partial charge >= 0.3 is 0 Å². The largest absolute Gasteiger partial charge is 0.496 e. The molecule has 0 saturated heterocycles. The lowest BCUT2D eigenvalue weighted by Crippen LogP contribution is -2.14. The van der Waals surface area contributed by atoms with E-state index >= 15 is 0 Å². The fraction of sp³-hybridized carbons (Fsp3) is 0.533. The van der Waals surface area contributed by atoms with Gasteiger partial charge in [0.2, 0.25) is 0 Å². The summed E-state index contributed by atoms with van der Waals surface area (Å²) < 4.78 is 5.56. The molecule has 2 heteroatoms. The van der Waals surface area contributed by atoms with Crippen molar-refractivity contribution in [3.63, 3.8) is 0 Å². The van der Waals surface area contributed by atoms with Crippen molar-refractivity contribution in [2.24, 2.45) is 0 Å². The number of hydrogen-bond donors (Lipinski definition) is 0.